The number of hydrogen-bond acceptors (Lipinski definition) is 3. The molecule has 0 fully saturated rings. The molecule has 3 heteroatoms. The Morgan fingerprint density at radius 2 is 2.06 bits per heavy atom. The zero-order valence-corrected chi connectivity index (χ0v) is 9.25. The van der Waals surface area contributed by atoms with E-state index in [0.29, 0.717) is 13.1 Å². The molecule has 1 atom stereocenters. The van der Waals surface area contributed by atoms with Crippen molar-refractivity contribution in [3.63, 3.8) is 0 Å². The van der Waals surface area contributed by atoms with Gasteiger partial charge in [-0.2, -0.15) is 0 Å². The average Bonchev–Trinajstić information content (AvgIpc) is 2.32. The summed E-state index contributed by atoms with van der Waals surface area (Å²) in [5.74, 6) is 0. The monoisotopic (exact) mass is 219 g/mol. The molecule has 0 amide bonds. The molecule has 1 rings (SSSR count). The Balaban J connectivity index is 2.85. The second kappa shape index (κ2) is 6.93. The SMILES string of the molecule is C=CCN(CCO)C(C=O)c1ccccc1. The molecular weight excluding hydrogens is 202 g/mol. The summed E-state index contributed by atoms with van der Waals surface area (Å²) in [4.78, 5) is 13.0. The van der Waals surface area contributed by atoms with E-state index in [1.54, 1.807) is 6.08 Å². The first-order valence-electron chi connectivity index (χ1n) is 5.29. The van der Waals surface area contributed by atoms with Crippen molar-refractivity contribution in [1.29, 1.82) is 0 Å². The number of aliphatic hydroxyl groups is 1. The number of aliphatic hydroxyl groups excluding tert-OH is 1. The summed E-state index contributed by atoms with van der Waals surface area (Å²) in [6, 6.07) is 9.22. The number of carbonyl (C=O) groups is 1. The second-order valence-corrected chi connectivity index (χ2v) is 3.50. The van der Waals surface area contributed by atoms with E-state index in [-0.39, 0.29) is 12.6 Å². The van der Waals surface area contributed by atoms with Gasteiger partial charge in [-0.3, -0.25) is 4.90 Å². The molecule has 0 saturated heterocycles. The van der Waals surface area contributed by atoms with Crippen molar-refractivity contribution in [3.05, 3.63) is 48.6 Å². The predicted molar refractivity (Wildman–Crippen MR) is 64.1 cm³/mol. The van der Waals surface area contributed by atoms with Gasteiger partial charge in [0.15, 0.2) is 0 Å². The summed E-state index contributed by atoms with van der Waals surface area (Å²) in [7, 11) is 0. The highest BCUT2D eigenvalue weighted by Gasteiger charge is 2.17. The molecule has 0 aliphatic rings. The molecule has 1 aromatic carbocycles. The van der Waals surface area contributed by atoms with Gasteiger partial charge in [0.1, 0.15) is 6.29 Å². The maximum absolute atomic E-state index is 11.1. The zero-order chi connectivity index (χ0) is 11.8. The first-order valence-corrected chi connectivity index (χ1v) is 5.29. The lowest BCUT2D eigenvalue weighted by molar-refractivity contribution is -0.112. The van der Waals surface area contributed by atoms with Crippen molar-refractivity contribution >= 4 is 6.29 Å². The summed E-state index contributed by atoms with van der Waals surface area (Å²) in [5, 5.41) is 8.96. The van der Waals surface area contributed by atoms with E-state index >= 15 is 0 Å². The first-order chi connectivity index (χ1) is 7.83. The van der Waals surface area contributed by atoms with E-state index < -0.39 is 0 Å². The summed E-state index contributed by atoms with van der Waals surface area (Å²) in [6.07, 6.45) is 2.63. The van der Waals surface area contributed by atoms with Crippen molar-refractivity contribution in [3.8, 4) is 0 Å². The third kappa shape index (κ3) is 3.29. The van der Waals surface area contributed by atoms with Gasteiger partial charge in [0.2, 0.25) is 0 Å². The third-order valence-electron chi connectivity index (χ3n) is 2.41. The highest BCUT2D eigenvalue weighted by molar-refractivity contribution is 5.61. The molecule has 0 radical (unpaired) electrons. The molecular formula is C13H17NO2. The minimum Gasteiger partial charge on any atom is -0.395 e. The molecule has 0 spiro atoms. The van der Waals surface area contributed by atoms with Gasteiger partial charge in [0.05, 0.1) is 12.6 Å². The molecule has 1 unspecified atom stereocenters. The summed E-state index contributed by atoms with van der Waals surface area (Å²) in [5.41, 5.74) is 0.938. The van der Waals surface area contributed by atoms with Crippen LogP contribution in [0.1, 0.15) is 11.6 Å². The van der Waals surface area contributed by atoms with Crippen molar-refractivity contribution in [2.45, 2.75) is 6.04 Å². The number of benzene rings is 1. The molecule has 86 valence electrons. The van der Waals surface area contributed by atoms with Crippen LogP contribution >= 0.6 is 0 Å². The third-order valence-corrected chi connectivity index (χ3v) is 2.41. The Morgan fingerprint density at radius 1 is 1.38 bits per heavy atom. The smallest absolute Gasteiger partial charge is 0.141 e. The molecule has 0 saturated carbocycles. The maximum atomic E-state index is 11.1. The van der Waals surface area contributed by atoms with E-state index in [2.05, 4.69) is 6.58 Å². The topological polar surface area (TPSA) is 40.5 Å². The van der Waals surface area contributed by atoms with Crippen LogP contribution < -0.4 is 0 Å². The largest absolute Gasteiger partial charge is 0.395 e. The average molecular weight is 219 g/mol. The van der Waals surface area contributed by atoms with Crippen LogP contribution in [0.15, 0.2) is 43.0 Å². The lowest BCUT2D eigenvalue weighted by Gasteiger charge is -2.26. The molecule has 3 nitrogen and oxygen atoms in total. The van der Waals surface area contributed by atoms with Gasteiger partial charge in [0, 0.05) is 13.1 Å². The number of rotatable bonds is 7. The van der Waals surface area contributed by atoms with Gasteiger partial charge in [-0.15, -0.1) is 6.58 Å². The molecule has 0 heterocycles. The van der Waals surface area contributed by atoms with Crippen molar-refractivity contribution in [2.24, 2.45) is 0 Å². The van der Waals surface area contributed by atoms with Crippen molar-refractivity contribution < 1.29 is 9.90 Å². The molecule has 1 aromatic rings. The lowest BCUT2D eigenvalue weighted by atomic mass is 10.1. The van der Waals surface area contributed by atoms with Gasteiger partial charge in [-0.25, -0.2) is 0 Å². The Hall–Kier alpha value is -1.45. The summed E-state index contributed by atoms with van der Waals surface area (Å²) >= 11 is 0. The van der Waals surface area contributed by atoms with E-state index in [0.717, 1.165) is 11.8 Å². The standard InChI is InChI=1S/C13H17NO2/c1-2-8-14(9-10-15)13(11-16)12-6-4-3-5-7-12/h2-7,11,13,15H,1,8-10H2. The maximum Gasteiger partial charge on any atom is 0.141 e. The Labute approximate surface area is 96.0 Å². The van der Waals surface area contributed by atoms with E-state index in [1.165, 1.54) is 0 Å². The van der Waals surface area contributed by atoms with Gasteiger partial charge in [0.25, 0.3) is 0 Å². The molecule has 0 aliphatic carbocycles. The highest BCUT2D eigenvalue weighted by Crippen LogP contribution is 2.17. The van der Waals surface area contributed by atoms with Crippen molar-refractivity contribution in [2.75, 3.05) is 19.7 Å². The van der Waals surface area contributed by atoms with E-state index in [9.17, 15) is 4.79 Å². The van der Waals surface area contributed by atoms with Crippen LogP contribution in [0.4, 0.5) is 0 Å². The van der Waals surface area contributed by atoms with Crippen molar-refractivity contribution in [1.82, 2.24) is 4.90 Å². The Morgan fingerprint density at radius 3 is 2.56 bits per heavy atom. The van der Waals surface area contributed by atoms with Crippen LogP contribution in [-0.2, 0) is 4.79 Å². The predicted octanol–water partition coefficient (Wildman–Crippen LogP) is 1.41. The molecule has 16 heavy (non-hydrogen) atoms. The number of aldehydes is 1. The minimum atomic E-state index is -0.314. The van der Waals surface area contributed by atoms with Gasteiger partial charge in [-0.1, -0.05) is 36.4 Å². The molecule has 0 aromatic heterocycles. The van der Waals surface area contributed by atoms with Crippen LogP contribution in [0.5, 0.6) is 0 Å². The quantitative estimate of drug-likeness (QED) is 0.557. The van der Waals surface area contributed by atoms with Gasteiger partial charge in [-0.05, 0) is 5.56 Å². The second-order valence-electron chi connectivity index (χ2n) is 3.50. The summed E-state index contributed by atoms with van der Waals surface area (Å²) < 4.78 is 0. The number of hydrogen-bond donors (Lipinski definition) is 1. The molecule has 0 bridgehead atoms. The first kappa shape index (κ1) is 12.6. The fourth-order valence-corrected chi connectivity index (χ4v) is 1.66. The minimum absolute atomic E-state index is 0.0328. The van der Waals surface area contributed by atoms with Crippen LogP contribution in [0.25, 0.3) is 0 Å². The van der Waals surface area contributed by atoms with Crippen LogP contribution in [-0.4, -0.2) is 36.0 Å². The number of carbonyl (C=O) groups excluding carboxylic acids is 1. The van der Waals surface area contributed by atoms with Gasteiger partial charge < -0.3 is 9.90 Å². The molecule has 0 aliphatic heterocycles. The fraction of sp³-hybridized carbons (Fsp3) is 0.308. The molecule has 1 N–H and O–H groups in total. The lowest BCUT2D eigenvalue weighted by Crippen LogP contribution is -2.32. The normalized spacial score (nSPS) is 12.4. The highest BCUT2D eigenvalue weighted by atomic mass is 16.3. The summed E-state index contributed by atoms with van der Waals surface area (Å²) in [6.45, 7) is 4.73. The van der Waals surface area contributed by atoms with Crippen LogP contribution in [0, 0.1) is 0 Å². The fourth-order valence-electron chi connectivity index (χ4n) is 1.66. The van der Waals surface area contributed by atoms with Gasteiger partial charge >= 0.3 is 0 Å². The van der Waals surface area contributed by atoms with Crippen LogP contribution in [0.3, 0.4) is 0 Å². The van der Waals surface area contributed by atoms with E-state index in [4.69, 9.17) is 5.11 Å². The Kier molecular flexibility index (Phi) is 5.46. The zero-order valence-electron chi connectivity index (χ0n) is 9.25. The number of nitrogens with zero attached hydrogens (tertiary/aromatic N) is 1. The van der Waals surface area contributed by atoms with Crippen LogP contribution in [0.2, 0.25) is 0 Å². The Bertz CT molecular complexity index is 324. The van der Waals surface area contributed by atoms with E-state index in [1.807, 2.05) is 35.2 Å².